The SMILES string of the molecule is c1ccc(-c2ccc(-c3ccc(N(c4cccc(-c5cccc(-c6ccc(-c7ccc8c(c7)oc7c(-c9ccccc9N(c9ccc(-c%10ccc(-c%11ccccc%11)cc%10)cc9)c9cccc(-c%10cccc(-c%11ccc%12ccccc%12c%11)c%10)c9)cccc78)c7ccccc67)c5)c4)c4ccccc4-c4cccc5c4oc4ccccc45)cc3)cc2)cc1. The van der Waals surface area contributed by atoms with Gasteiger partial charge in [-0.2, -0.15) is 0 Å². The number of hydrogen-bond donors (Lipinski definition) is 0. The Morgan fingerprint density at radius 1 is 0.142 bits per heavy atom. The van der Waals surface area contributed by atoms with Gasteiger partial charge in [0, 0.05) is 66.5 Å². The highest BCUT2D eigenvalue weighted by Gasteiger charge is 2.25. The van der Waals surface area contributed by atoms with Crippen LogP contribution < -0.4 is 9.80 Å². The highest BCUT2D eigenvalue weighted by molar-refractivity contribution is 6.14. The lowest BCUT2D eigenvalue weighted by atomic mass is 9.90. The fourth-order valence-corrected chi connectivity index (χ4v) is 17.9. The molecule has 0 N–H and O–H groups in total. The van der Waals surface area contributed by atoms with Gasteiger partial charge in [-0.15, -0.1) is 0 Å². The number of rotatable bonds is 17. The molecular weight excluding hydrogens is 1450 g/mol. The van der Waals surface area contributed by atoms with Crippen LogP contribution in [0.25, 0.3) is 188 Å². The Bertz CT molecular complexity index is 7630. The molecule has 0 unspecified atom stereocenters. The van der Waals surface area contributed by atoms with Gasteiger partial charge in [-0.3, -0.25) is 0 Å². The molecule has 120 heavy (non-hydrogen) atoms. The van der Waals surface area contributed by atoms with Crippen molar-refractivity contribution in [2.45, 2.75) is 0 Å². The maximum atomic E-state index is 7.29. The van der Waals surface area contributed by atoms with Crippen LogP contribution in [0.5, 0.6) is 0 Å². The molecule has 4 heteroatoms. The summed E-state index contributed by atoms with van der Waals surface area (Å²) in [6, 6.07) is 167. The highest BCUT2D eigenvalue weighted by Crippen LogP contribution is 2.50. The third kappa shape index (κ3) is 13.1. The Kier molecular flexibility index (Phi) is 17.9. The molecule has 0 atom stereocenters. The summed E-state index contributed by atoms with van der Waals surface area (Å²) in [6.45, 7) is 0. The summed E-state index contributed by atoms with van der Waals surface area (Å²) < 4.78 is 14.0. The molecule has 4 nitrogen and oxygen atoms in total. The standard InChI is InChI=1S/C116H76N2O2/c1-3-23-77(24-4-1)80-49-53-82(54-50-80)84-59-64-95(65-60-84)117(97-35-19-32-90(74-97)87-29-17-30-88(72-87)92-58-57-79-27-7-8-28-86(79)71-92)112-47-15-12-40-104(112)108-43-22-45-110-106-68-63-94(76-114(106)120-116(108)110)100-70-69-99(101-37-9-10-38-102(100)101)93-34-18-31-89(73-93)91-33-20-36-98(75-91)118(96-66-61-85(62-67-96)83-55-51-81(52-56-83)78-25-5-2-6-26-78)111-46-14-11-39-103(111)107-42-21-44-109-105-41-13-16-48-113(105)119-115(107)109/h1-76H. The van der Waals surface area contributed by atoms with Crippen LogP contribution in [-0.4, -0.2) is 0 Å². The van der Waals surface area contributed by atoms with Crippen LogP contribution in [0.4, 0.5) is 34.1 Å². The van der Waals surface area contributed by atoms with E-state index in [1.165, 1.54) is 49.5 Å². The molecular formula is C116H76N2O2. The average Bonchev–Trinajstić information content (AvgIpc) is 1.34. The number of hydrogen-bond acceptors (Lipinski definition) is 4. The molecule has 0 saturated carbocycles. The summed E-state index contributed by atoms with van der Waals surface area (Å²) >= 11 is 0. The van der Waals surface area contributed by atoms with Crippen LogP contribution >= 0.6 is 0 Å². The van der Waals surface area contributed by atoms with E-state index in [0.717, 1.165) is 172 Å². The highest BCUT2D eigenvalue weighted by atomic mass is 16.3. The number of anilines is 6. The number of fused-ring (bicyclic) bond motifs is 8. The first-order valence-electron chi connectivity index (χ1n) is 41.1. The van der Waals surface area contributed by atoms with E-state index in [1.807, 2.05) is 6.07 Å². The summed E-state index contributed by atoms with van der Waals surface area (Å²) in [5.74, 6) is 0. The second-order valence-corrected chi connectivity index (χ2v) is 31.0. The van der Waals surface area contributed by atoms with Crippen molar-refractivity contribution >= 4 is 99.5 Å². The Morgan fingerprint density at radius 2 is 0.458 bits per heavy atom. The summed E-state index contributed by atoms with van der Waals surface area (Å²) in [5, 5.41) is 9.09. The third-order valence-corrected chi connectivity index (χ3v) is 23.9. The Balaban J connectivity index is 0.600. The third-order valence-electron chi connectivity index (χ3n) is 23.9. The van der Waals surface area contributed by atoms with Gasteiger partial charge < -0.3 is 18.6 Å². The fraction of sp³-hybridized carbons (Fsp3) is 0. The Morgan fingerprint density at radius 3 is 0.967 bits per heavy atom. The van der Waals surface area contributed by atoms with E-state index in [2.05, 4.69) is 465 Å². The van der Waals surface area contributed by atoms with Gasteiger partial charge in [0.1, 0.15) is 22.3 Å². The minimum absolute atomic E-state index is 0.825. The second-order valence-electron chi connectivity index (χ2n) is 31.0. The molecule has 562 valence electrons. The normalized spacial score (nSPS) is 11.5. The second kappa shape index (κ2) is 30.4. The van der Waals surface area contributed by atoms with Crippen molar-refractivity contribution in [1.29, 1.82) is 0 Å². The minimum Gasteiger partial charge on any atom is -0.455 e. The smallest absolute Gasteiger partial charge is 0.143 e. The molecule has 22 rings (SSSR count). The molecule has 0 bridgehead atoms. The summed E-state index contributed by atoms with van der Waals surface area (Å²) in [7, 11) is 0. The van der Waals surface area contributed by atoms with Gasteiger partial charge in [-0.1, -0.05) is 364 Å². The van der Waals surface area contributed by atoms with E-state index in [0.29, 0.717) is 0 Å². The fourth-order valence-electron chi connectivity index (χ4n) is 17.9. The van der Waals surface area contributed by atoms with E-state index in [9.17, 15) is 0 Å². The molecule has 0 aliphatic heterocycles. The molecule has 0 saturated heterocycles. The topological polar surface area (TPSA) is 32.8 Å². The molecule has 2 aromatic heterocycles. The van der Waals surface area contributed by atoms with Crippen molar-refractivity contribution in [1.82, 2.24) is 0 Å². The predicted molar refractivity (Wildman–Crippen MR) is 505 cm³/mol. The molecule has 0 aliphatic carbocycles. The monoisotopic (exact) mass is 1530 g/mol. The lowest BCUT2D eigenvalue weighted by molar-refractivity contribution is 0.669. The minimum atomic E-state index is 0.825. The number of nitrogens with zero attached hydrogens (tertiary/aromatic N) is 2. The van der Waals surface area contributed by atoms with Crippen molar-refractivity contribution in [2.75, 3.05) is 9.80 Å². The van der Waals surface area contributed by atoms with Gasteiger partial charge in [-0.25, -0.2) is 0 Å². The van der Waals surface area contributed by atoms with Crippen LogP contribution in [-0.2, 0) is 0 Å². The molecule has 0 amide bonds. The van der Waals surface area contributed by atoms with Gasteiger partial charge >= 0.3 is 0 Å². The summed E-state index contributed by atoms with van der Waals surface area (Å²) in [5.41, 5.74) is 34.4. The number of benzene rings is 20. The zero-order valence-corrected chi connectivity index (χ0v) is 65.6. The summed E-state index contributed by atoms with van der Waals surface area (Å²) in [6.07, 6.45) is 0. The Labute approximate surface area is 696 Å². The van der Waals surface area contributed by atoms with Gasteiger partial charge in [0.25, 0.3) is 0 Å². The van der Waals surface area contributed by atoms with Gasteiger partial charge in [0.05, 0.1) is 11.4 Å². The first-order chi connectivity index (χ1) is 59.5. The van der Waals surface area contributed by atoms with Gasteiger partial charge in [0.15, 0.2) is 0 Å². The number of para-hydroxylation sites is 5. The van der Waals surface area contributed by atoms with Crippen LogP contribution in [0.15, 0.2) is 470 Å². The predicted octanol–water partition coefficient (Wildman–Crippen LogP) is 33.1. The van der Waals surface area contributed by atoms with Crippen molar-refractivity contribution in [3.8, 4) is 122 Å². The molecule has 20 aromatic carbocycles. The maximum Gasteiger partial charge on any atom is 0.143 e. The van der Waals surface area contributed by atoms with Gasteiger partial charge in [0.2, 0.25) is 0 Å². The van der Waals surface area contributed by atoms with Crippen molar-refractivity contribution in [3.63, 3.8) is 0 Å². The Hall–Kier alpha value is -15.9. The summed E-state index contributed by atoms with van der Waals surface area (Å²) in [4.78, 5) is 4.81. The zero-order chi connectivity index (χ0) is 79.4. The van der Waals surface area contributed by atoms with Gasteiger partial charge in [-0.05, 0) is 219 Å². The quantitative estimate of drug-likeness (QED) is 0.0910. The van der Waals surface area contributed by atoms with Crippen LogP contribution in [0.1, 0.15) is 0 Å². The average molecular weight is 1530 g/mol. The molecule has 2 heterocycles. The van der Waals surface area contributed by atoms with Crippen molar-refractivity contribution in [2.24, 2.45) is 0 Å². The van der Waals surface area contributed by atoms with E-state index in [4.69, 9.17) is 8.83 Å². The van der Waals surface area contributed by atoms with E-state index < -0.39 is 0 Å². The van der Waals surface area contributed by atoms with Crippen LogP contribution in [0.2, 0.25) is 0 Å². The van der Waals surface area contributed by atoms with Crippen molar-refractivity contribution in [3.05, 3.63) is 461 Å². The number of furan rings is 2. The first-order valence-corrected chi connectivity index (χ1v) is 41.1. The van der Waals surface area contributed by atoms with Crippen LogP contribution in [0, 0.1) is 0 Å². The molecule has 0 fully saturated rings. The zero-order valence-electron chi connectivity index (χ0n) is 65.6. The lowest BCUT2D eigenvalue weighted by Gasteiger charge is -2.28. The molecule has 0 aliphatic rings. The first kappa shape index (κ1) is 70.7. The van der Waals surface area contributed by atoms with Crippen LogP contribution in [0.3, 0.4) is 0 Å². The molecule has 0 spiro atoms. The molecule has 0 radical (unpaired) electrons. The largest absolute Gasteiger partial charge is 0.455 e. The lowest BCUT2D eigenvalue weighted by Crippen LogP contribution is -2.11. The maximum absolute atomic E-state index is 7.29. The molecule has 22 aromatic rings. The van der Waals surface area contributed by atoms with E-state index in [1.54, 1.807) is 0 Å². The van der Waals surface area contributed by atoms with Crippen molar-refractivity contribution < 1.29 is 8.83 Å². The van der Waals surface area contributed by atoms with E-state index in [-0.39, 0.29) is 0 Å². The van der Waals surface area contributed by atoms with E-state index >= 15 is 0 Å².